The van der Waals surface area contributed by atoms with E-state index in [1.54, 1.807) is 0 Å². The van der Waals surface area contributed by atoms with E-state index in [1.807, 2.05) is 0 Å². The normalized spacial score (nSPS) is 16.4. The Balaban J connectivity index is 1.98. The molecule has 2 amide bonds. The van der Waals surface area contributed by atoms with Crippen LogP contribution in [0.2, 0.25) is 0 Å². The van der Waals surface area contributed by atoms with Gasteiger partial charge in [-0.25, -0.2) is 8.42 Å². The summed E-state index contributed by atoms with van der Waals surface area (Å²) in [7, 11) is -6.95. The molecule has 0 aliphatic carbocycles. The Labute approximate surface area is 200 Å². The minimum atomic E-state index is -4.46. The van der Waals surface area contributed by atoms with Crippen LogP contribution < -0.4 is 15.5 Å². The van der Waals surface area contributed by atoms with E-state index in [2.05, 4.69) is 21.9 Å². The first kappa shape index (κ1) is 25.7. The van der Waals surface area contributed by atoms with Crippen molar-refractivity contribution in [3.63, 3.8) is 0 Å². The van der Waals surface area contributed by atoms with Gasteiger partial charge < -0.3 is 10.5 Å². The number of sulfone groups is 1. The molecule has 0 saturated heterocycles. The summed E-state index contributed by atoms with van der Waals surface area (Å²) in [6, 6.07) is 5.52. The number of methoxy groups -OCH3 is 1. The standard InChI is InChI=1S/C20H19N5O8S2/c1-4-34(28,29)16-10-15(33-3)14(9-11(16)2)22-23-18-17(19(21)26)24-25(20(18)27)12-5-7-13(8-6-12)35(30,31)32/h4-10,18H,1H2,2-3H3,(H2,21,26)(H,30,31,32). The number of carbonyl (C=O) groups is 2. The second kappa shape index (κ2) is 9.36. The average molecular weight is 522 g/mol. The van der Waals surface area contributed by atoms with Gasteiger partial charge >= 0.3 is 0 Å². The molecule has 3 rings (SSSR count). The van der Waals surface area contributed by atoms with Crippen molar-refractivity contribution in [1.82, 2.24) is 0 Å². The second-order valence-electron chi connectivity index (χ2n) is 7.09. The molecule has 3 N–H and O–H groups in total. The van der Waals surface area contributed by atoms with Crippen LogP contribution in [-0.2, 0) is 29.5 Å². The Morgan fingerprint density at radius 3 is 2.37 bits per heavy atom. The van der Waals surface area contributed by atoms with E-state index in [4.69, 9.17) is 15.0 Å². The molecule has 1 unspecified atom stereocenters. The van der Waals surface area contributed by atoms with Gasteiger partial charge in [0.1, 0.15) is 11.4 Å². The predicted molar refractivity (Wildman–Crippen MR) is 124 cm³/mol. The average Bonchev–Trinajstić information content (AvgIpc) is 3.13. The fourth-order valence-electron chi connectivity index (χ4n) is 3.09. The van der Waals surface area contributed by atoms with E-state index in [1.165, 1.54) is 38.3 Å². The van der Waals surface area contributed by atoms with E-state index in [0.29, 0.717) is 5.56 Å². The molecule has 1 atom stereocenters. The lowest BCUT2D eigenvalue weighted by Crippen LogP contribution is -2.35. The van der Waals surface area contributed by atoms with Crippen molar-refractivity contribution in [2.24, 2.45) is 21.1 Å². The first-order chi connectivity index (χ1) is 16.3. The minimum Gasteiger partial charge on any atom is -0.494 e. The summed E-state index contributed by atoms with van der Waals surface area (Å²) in [5.74, 6) is -1.83. The molecule has 1 heterocycles. The number of primary amides is 1. The maximum absolute atomic E-state index is 12.9. The van der Waals surface area contributed by atoms with Gasteiger partial charge in [0.05, 0.1) is 22.6 Å². The van der Waals surface area contributed by atoms with Crippen LogP contribution in [0, 0.1) is 6.92 Å². The van der Waals surface area contributed by atoms with Gasteiger partial charge in [0.2, 0.25) is 6.04 Å². The van der Waals surface area contributed by atoms with Gasteiger partial charge in [-0.2, -0.15) is 28.8 Å². The number of amides is 2. The number of hydrogen-bond acceptors (Lipinski definition) is 10. The van der Waals surface area contributed by atoms with Crippen molar-refractivity contribution in [3.05, 3.63) is 53.9 Å². The fraction of sp³-hybridized carbons (Fsp3) is 0.150. The van der Waals surface area contributed by atoms with Crippen LogP contribution in [0.3, 0.4) is 0 Å². The molecule has 184 valence electrons. The third kappa shape index (κ3) is 5.11. The Morgan fingerprint density at radius 1 is 1.23 bits per heavy atom. The number of anilines is 1. The summed E-state index contributed by atoms with van der Waals surface area (Å²) in [4.78, 5) is 24.4. The summed E-state index contributed by atoms with van der Waals surface area (Å²) < 4.78 is 61.1. The van der Waals surface area contributed by atoms with Gasteiger partial charge in [-0.1, -0.05) is 6.58 Å². The van der Waals surface area contributed by atoms with Crippen molar-refractivity contribution in [2.45, 2.75) is 22.8 Å². The number of carbonyl (C=O) groups excluding carboxylic acids is 2. The zero-order valence-corrected chi connectivity index (χ0v) is 19.9. The van der Waals surface area contributed by atoms with Crippen molar-refractivity contribution in [2.75, 3.05) is 12.1 Å². The molecule has 0 radical (unpaired) electrons. The highest BCUT2D eigenvalue weighted by atomic mass is 32.2. The molecule has 0 bridgehead atoms. The number of hydrazone groups is 1. The quantitative estimate of drug-likeness (QED) is 0.384. The minimum absolute atomic E-state index is 0.0282. The van der Waals surface area contributed by atoms with Gasteiger partial charge in [0.25, 0.3) is 21.9 Å². The highest BCUT2D eigenvalue weighted by molar-refractivity contribution is 7.94. The lowest BCUT2D eigenvalue weighted by molar-refractivity contribution is -0.118. The number of nitrogens with zero attached hydrogens (tertiary/aromatic N) is 4. The molecular formula is C20H19N5O8S2. The van der Waals surface area contributed by atoms with Crippen molar-refractivity contribution in [3.8, 4) is 5.75 Å². The Kier molecular flexibility index (Phi) is 6.86. The first-order valence-electron chi connectivity index (χ1n) is 9.57. The van der Waals surface area contributed by atoms with E-state index in [0.717, 1.165) is 22.5 Å². The van der Waals surface area contributed by atoms with Gasteiger partial charge in [0.15, 0.2) is 15.5 Å². The number of hydrogen-bond donors (Lipinski definition) is 2. The zero-order chi connectivity index (χ0) is 26.1. The number of benzene rings is 2. The molecule has 0 saturated carbocycles. The Bertz CT molecular complexity index is 1500. The summed E-state index contributed by atoms with van der Waals surface area (Å²) in [5.41, 5.74) is 5.36. The van der Waals surface area contributed by atoms with Crippen LogP contribution in [-0.4, -0.2) is 52.1 Å². The molecule has 0 fully saturated rings. The number of aryl methyl sites for hydroxylation is 1. The van der Waals surface area contributed by atoms with E-state index in [-0.39, 0.29) is 22.0 Å². The molecule has 13 nitrogen and oxygen atoms in total. The summed E-state index contributed by atoms with van der Waals surface area (Å²) in [6.45, 7) is 4.80. The molecule has 0 spiro atoms. The van der Waals surface area contributed by atoms with Crippen molar-refractivity contribution < 1.29 is 35.7 Å². The third-order valence-electron chi connectivity index (χ3n) is 4.82. The van der Waals surface area contributed by atoms with E-state index >= 15 is 0 Å². The highest BCUT2D eigenvalue weighted by Crippen LogP contribution is 2.34. The first-order valence-corrected chi connectivity index (χ1v) is 12.6. The molecule has 2 aromatic rings. The predicted octanol–water partition coefficient (Wildman–Crippen LogP) is 1.51. The largest absolute Gasteiger partial charge is 0.494 e. The molecule has 35 heavy (non-hydrogen) atoms. The topological polar surface area (TPSA) is 198 Å². The SMILES string of the molecule is C=CS(=O)(=O)c1cc(OC)c(N=NC2C(=O)N(c3ccc(S(=O)(=O)O)cc3)N=C2C(N)=O)cc1C. The van der Waals surface area contributed by atoms with E-state index < -0.39 is 48.4 Å². The van der Waals surface area contributed by atoms with Gasteiger partial charge in [-0.15, -0.1) is 0 Å². The molecule has 1 aliphatic rings. The molecule has 15 heteroatoms. The lowest BCUT2D eigenvalue weighted by atomic mass is 10.1. The molecule has 2 aromatic carbocycles. The smallest absolute Gasteiger partial charge is 0.294 e. The maximum atomic E-state index is 12.9. The summed E-state index contributed by atoms with van der Waals surface area (Å²) in [6.07, 6.45) is 0. The zero-order valence-electron chi connectivity index (χ0n) is 18.3. The third-order valence-corrected chi connectivity index (χ3v) is 7.18. The number of rotatable bonds is 8. The molecule has 1 aliphatic heterocycles. The number of ether oxygens (including phenoxy) is 1. The van der Waals surface area contributed by atoms with Gasteiger partial charge in [-0.3, -0.25) is 14.1 Å². The van der Waals surface area contributed by atoms with Crippen LogP contribution in [0.1, 0.15) is 5.56 Å². The monoisotopic (exact) mass is 521 g/mol. The maximum Gasteiger partial charge on any atom is 0.294 e. The van der Waals surface area contributed by atoms with Crippen LogP contribution in [0.5, 0.6) is 5.75 Å². The van der Waals surface area contributed by atoms with Crippen molar-refractivity contribution >= 4 is 48.9 Å². The van der Waals surface area contributed by atoms with Crippen LogP contribution >= 0.6 is 0 Å². The van der Waals surface area contributed by atoms with Crippen LogP contribution in [0.15, 0.2) is 73.5 Å². The van der Waals surface area contributed by atoms with Crippen LogP contribution in [0.4, 0.5) is 11.4 Å². The molecule has 0 aromatic heterocycles. The van der Waals surface area contributed by atoms with E-state index in [9.17, 15) is 26.4 Å². The number of azo groups is 1. The Morgan fingerprint density at radius 2 is 1.86 bits per heavy atom. The highest BCUT2D eigenvalue weighted by Gasteiger charge is 2.40. The number of nitrogens with two attached hydrogens (primary N) is 1. The van der Waals surface area contributed by atoms with Crippen LogP contribution in [0.25, 0.3) is 0 Å². The summed E-state index contributed by atoms with van der Waals surface area (Å²) >= 11 is 0. The lowest BCUT2D eigenvalue weighted by Gasteiger charge is -2.13. The fourth-order valence-corrected chi connectivity index (χ4v) is 4.53. The Hall–Kier alpha value is -3.95. The van der Waals surface area contributed by atoms with Gasteiger partial charge in [0, 0.05) is 11.5 Å². The van der Waals surface area contributed by atoms with Crippen molar-refractivity contribution in [1.29, 1.82) is 0 Å². The molecular weight excluding hydrogens is 502 g/mol. The second-order valence-corrected chi connectivity index (χ2v) is 10.4. The summed E-state index contributed by atoms with van der Waals surface area (Å²) in [5, 5.41) is 13.3. The van der Waals surface area contributed by atoms with Gasteiger partial charge in [-0.05, 0) is 42.8 Å².